The first kappa shape index (κ1) is 11.3. The highest BCUT2D eigenvalue weighted by Gasteiger charge is 2.02. The topological polar surface area (TPSA) is 12.0 Å². The molecule has 0 aromatic carbocycles. The second-order valence-electron chi connectivity index (χ2n) is 3.29. The van der Waals surface area contributed by atoms with Crippen molar-refractivity contribution in [1.82, 2.24) is 5.32 Å². The molecule has 0 fully saturated rings. The molecule has 0 aromatic heterocycles. The van der Waals surface area contributed by atoms with Gasteiger partial charge in [0, 0.05) is 0 Å². The van der Waals surface area contributed by atoms with Crippen molar-refractivity contribution in [3.05, 3.63) is 0 Å². The molecule has 0 radical (unpaired) electrons. The third-order valence-corrected chi connectivity index (χ3v) is 2.89. The molecule has 0 aliphatic heterocycles. The highest BCUT2D eigenvalue weighted by atomic mass is 32.2. The fourth-order valence-electron chi connectivity index (χ4n) is 0.806. The molecule has 0 saturated carbocycles. The van der Waals surface area contributed by atoms with Crippen LogP contribution in [0.2, 0.25) is 0 Å². The summed E-state index contributed by atoms with van der Waals surface area (Å²) in [5.41, 5.74) is 0. The minimum absolute atomic E-state index is 0.777. The third-order valence-electron chi connectivity index (χ3n) is 1.46. The monoisotopic (exact) mass is 175 g/mol. The number of thioether (sulfide) groups is 1. The molecule has 0 spiro atoms. The summed E-state index contributed by atoms with van der Waals surface area (Å²) < 4.78 is 0. The number of hydrogen-bond acceptors (Lipinski definition) is 2. The van der Waals surface area contributed by atoms with E-state index in [0.717, 1.165) is 24.3 Å². The van der Waals surface area contributed by atoms with Crippen LogP contribution in [-0.2, 0) is 0 Å². The Kier molecular flexibility index (Phi) is 7.18. The zero-order chi connectivity index (χ0) is 8.69. The maximum atomic E-state index is 3.36. The molecule has 0 saturated heterocycles. The maximum absolute atomic E-state index is 3.36. The lowest BCUT2D eigenvalue weighted by atomic mass is 10.2. The van der Waals surface area contributed by atoms with Crippen molar-refractivity contribution < 1.29 is 0 Å². The van der Waals surface area contributed by atoms with E-state index in [-0.39, 0.29) is 0 Å². The minimum atomic E-state index is 0.777. The average Bonchev–Trinajstić information content (AvgIpc) is 1.97. The van der Waals surface area contributed by atoms with E-state index >= 15 is 0 Å². The van der Waals surface area contributed by atoms with Crippen molar-refractivity contribution in [3.8, 4) is 0 Å². The molecular weight excluding hydrogens is 154 g/mol. The van der Waals surface area contributed by atoms with Gasteiger partial charge in [0.25, 0.3) is 0 Å². The first-order valence-corrected chi connectivity index (χ1v) is 5.54. The van der Waals surface area contributed by atoms with E-state index in [1.165, 1.54) is 5.75 Å². The first-order chi connectivity index (χ1) is 5.16. The summed E-state index contributed by atoms with van der Waals surface area (Å²) >= 11 is 2.05. The van der Waals surface area contributed by atoms with Crippen LogP contribution >= 0.6 is 11.8 Å². The molecule has 68 valence electrons. The maximum Gasteiger partial charge on any atom is -0.000957 e. The second-order valence-corrected chi connectivity index (χ2v) is 4.90. The molecule has 1 nitrogen and oxygen atoms in total. The van der Waals surface area contributed by atoms with Gasteiger partial charge >= 0.3 is 0 Å². The quantitative estimate of drug-likeness (QED) is 0.665. The van der Waals surface area contributed by atoms with E-state index in [1.807, 2.05) is 11.8 Å². The van der Waals surface area contributed by atoms with Crippen LogP contribution in [0.25, 0.3) is 0 Å². The van der Waals surface area contributed by atoms with Gasteiger partial charge in [-0.15, -0.1) is 0 Å². The van der Waals surface area contributed by atoms with Gasteiger partial charge in [-0.05, 0) is 30.0 Å². The summed E-state index contributed by atoms with van der Waals surface area (Å²) in [5.74, 6) is 2.09. The van der Waals surface area contributed by atoms with Gasteiger partial charge < -0.3 is 5.32 Å². The highest BCUT2D eigenvalue weighted by molar-refractivity contribution is 7.99. The molecule has 0 amide bonds. The Morgan fingerprint density at radius 1 is 1.27 bits per heavy atom. The van der Waals surface area contributed by atoms with Crippen LogP contribution in [-0.4, -0.2) is 24.1 Å². The average molecular weight is 175 g/mol. The Hall–Kier alpha value is 0.310. The Morgan fingerprint density at radius 2 is 1.91 bits per heavy atom. The molecule has 1 atom stereocenters. The number of nitrogens with one attached hydrogen (secondary N) is 1. The number of hydrogen-bond donors (Lipinski definition) is 1. The number of rotatable bonds is 6. The van der Waals surface area contributed by atoms with Crippen molar-refractivity contribution in [2.75, 3.05) is 18.8 Å². The van der Waals surface area contributed by atoms with Gasteiger partial charge in [-0.2, -0.15) is 11.8 Å². The van der Waals surface area contributed by atoms with E-state index in [9.17, 15) is 0 Å². The Bertz CT molecular complexity index is 83.6. The molecule has 0 rings (SSSR count). The zero-order valence-electron chi connectivity index (χ0n) is 8.18. The minimum Gasteiger partial charge on any atom is -0.317 e. The van der Waals surface area contributed by atoms with Crippen molar-refractivity contribution in [1.29, 1.82) is 0 Å². The molecule has 0 aliphatic carbocycles. The summed E-state index contributed by atoms with van der Waals surface area (Å²) in [5, 5.41) is 4.14. The van der Waals surface area contributed by atoms with Crippen molar-refractivity contribution in [3.63, 3.8) is 0 Å². The molecular formula is C9H21NS. The van der Waals surface area contributed by atoms with Gasteiger partial charge in [0.1, 0.15) is 0 Å². The lowest BCUT2D eigenvalue weighted by Gasteiger charge is -2.12. The lowest BCUT2D eigenvalue weighted by Crippen LogP contribution is -2.22. The smallest absolute Gasteiger partial charge is 0.000957 e. The largest absolute Gasteiger partial charge is 0.317 e. The third kappa shape index (κ3) is 8.21. The van der Waals surface area contributed by atoms with Crippen LogP contribution in [0.1, 0.15) is 27.7 Å². The molecule has 0 bridgehead atoms. The van der Waals surface area contributed by atoms with Crippen molar-refractivity contribution >= 4 is 11.8 Å². The normalized spacial score (nSPS) is 13.9. The van der Waals surface area contributed by atoms with E-state index < -0.39 is 0 Å². The van der Waals surface area contributed by atoms with Crippen LogP contribution < -0.4 is 5.32 Å². The van der Waals surface area contributed by atoms with E-state index in [4.69, 9.17) is 0 Å². The van der Waals surface area contributed by atoms with Gasteiger partial charge in [0.15, 0.2) is 0 Å². The molecule has 11 heavy (non-hydrogen) atoms. The molecule has 2 heteroatoms. The molecule has 1 unspecified atom stereocenters. The predicted octanol–water partition coefficient (Wildman–Crippen LogP) is 2.37. The van der Waals surface area contributed by atoms with E-state index in [1.54, 1.807) is 0 Å². The SMILES string of the molecule is CCNCC(C)CSC(C)C. The fourth-order valence-corrected chi connectivity index (χ4v) is 1.64. The van der Waals surface area contributed by atoms with E-state index in [2.05, 4.69) is 33.0 Å². The van der Waals surface area contributed by atoms with Crippen molar-refractivity contribution in [2.24, 2.45) is 5.92 Å². The fraction of sp³-hybridized carbons (Fsp3) is 1.00. The zero-order valence-corrected chi connectivity index (χ0v) is 9.00. The predicted molar refractivity (Wildman–Crippen MR) is 55.3 cm³/mol. The van der Waals surface area contributed by atoms with Gasteiger partial charge in [-0.3, -0.25) is 0 Å². The summed E-state index contributed by atoms with van der Waals surface area (Å²) in [6.45, 7) is 11.2. The van der Waals surface area contributed by atoms with Crippen LogP contribution in [0, 0.1) is 5.92 Å². The van der Waals surface area contributed by atoms with Gasteiger partial charge in [0.2, 0.25) is 0 Å². The molecule has 0 aliphatic rings. The Balaban J connectivity index is 3.15. The molecule has 0 aromatic rings. The molecule has 0 heterocycles. The van der Waals surface area contributed by atoms with Crippen LogP contribution in [0.4, 0.5) is 0 Å². The summed E-state index contributed by atoms with van der Waals surface area (Å²) in [4.78, 5) is 0. The van der Waals surface area contributed by atoms with Crippen LogP contribution in [0.15, 0.2) is 0 Å². The highest BCUT2D eigenvalue weighted by Crippen LogP contribution is 2.13. The van der Waals surface area contributed by atoms with E-state index in [0.29, 0.717) is 0 Å². The van der Waals surface area contributed by atoms with Gasteiger partial charge in [-0.25, -0.2) is 0 Å². The molecule has 1 N–H and O–H groups in total. The van der Waals surface area contributed by atoms with Gasteiger partial charge in [-0.1, -0.05) is 27.7 Å². The second kappa shape index (κ2) is 6.99. The standard InChI is InChI=1S/C9H21NS/c1-5-10-6-9(4)7-11-8(2)3/h8-10H,5-7H2,1-4H3. The van der Waals surface area contributed by atoms with Gasteiger partial charge in [0.05, 0.1) is 0 Å². The van der Waals surface area contributed by atoms with Crippen LogP contribution in [0.5, 0.6) is 0 Å². The lowest BCUT2D eigenvalue weighted by molar-refractivity contribution is 0.573. The van der Waals surface area contributed by atoms with Crippen LogP contribution in [0.3, 0.4) is 0 Å². The van der Waals surface area contributed by atoms with Crippen molar-refractivity contribution in [2.45, 2.75) is 32.9 Å². The summed E-state index contributed by atoms with van der Waals surface area (Å²) in [7, 11) is 0. The first-order valence-electron chi connectivity index (χ1n) is 4.49. The Morgan fingerprint density at radius 3 is 2.36 bits per heavy atom. The summed E-state index contributed by atoms with van der Waals surface area (Å²) in [6.07, 6.45) is 0. The Labute approximate surface area is 75.3 Å². The summed E-state index contributed by atoms with van der Waals surface area (Å²) in [6, 6.07) is 0.